The average Bonchev–Trinajstić information content (AvgIpc) is 3.39. The van der Waals surface area contributed by atoms with E-state index in [1.165, 1.54) is 11.1 Å². The van der Waals surface area contributed by atoms with Crippen LogP contribution in [0.15, 0.2) is 101 Å². The van der Waals surface area contributed by atoms with Gasteiger partial charge >= 0.3 is 0 Å². The monoisotopic (exact) mass is 389 g/mol. The number of allylic oxidation sites excluding steroid dienone is 2. The van der Waals surface area contributed by atoms with E-state index in [9.17, 15) is 0 Å². The van der Waals surface area contributed by atoms with Crippen LogP contribution in [0.2, 0.25) is 0 Å². The zero-order valence-electron chi connectivity index (χ0n) is 17.2. The van der Waals surface area contributed by atoms with Crippen LogP contribution in [0.5, 0.6) is 0 Å². The summed E-state index contributed by atoms with van der Waals surface area (Å²) in [6.07, 6.45) is 0.933. The highest BCUT2D eigenvalue weighted by atomic mass is 14.9. The largest absolute Gasteiger partial charge is 0.337 e. The number of aromatic nitrogens is 2. The molecule has 0 amide bonds. The summed E-state index contributed by atoms with van der Waals surface area (Å²) < 4.78 is 0. The maximum absolute atomic E-state index is 4.98. The van der Waals surface area contributed by atoms with E-state index in [1.807, 2.05) is 24.3 Å². The highest BCUT2D eigenvalue weighted by molar-refractivity contribution is 6.04. The van der Waals surface area contributed by atoms with Crippen LogP contribution in [0.1, 0.15) is 25.8 Å². The highest BCUT2D eigenvalue weighted by Gasteiger charge is 2.16. The van der Waals surface area contributed by atoms with Crippen LogP contribution in [-0.4, -0.2) is 15.7 Å². The van der Waals surface area contributed by atoms with Crippen LogP contribution in [-0.2, 0) is 0 Å². The maximum atomic E-state index is 4.98. The first-order valence-electron chi connectivity index (χ1n) is 10.2. The van der Waals surface area contributed by atoms with Gasteiger partial charge in [0.25, 0.3) is 0 Å². The molecule has 1 aliphatic heterocycles. The molecular weight excluding hydrogens is 366 g/mol. The lowest BCUT2D eigenvalue weighted by Gasteiger charge is -2.03. The summed E-state index contributed by atoms with van der Waals surface area (Å²) in [4.78, 5) is 13.3. The zero-order chi connectivity index (χ0) is 20.5. The summed E-state index contributed by atoms with van der Waals surface area (Å²) in [5, 5.41) is 0. The van der Waals surface area contributed by atoms with Gasteiger partial charge in [-0.3, -0.25) is 4.99 Å². The summed E-state index contributed by atoms with van der Waals surface area (Å²) in [7, 11) is 0. The first-order valence-corrected chi connectivity index (χ1v) is 10.2. The number of aliphatic imine (C=N–C) groups is 1. The number of hydrogen-bond donors (Lipinski definition) is 1. The summed E-state index contributed by atoms with van der Waals surface area (Å²) >= 11 is 0. The molecule has 30 heavy (non-hydrogen) atoms. The number of nitrogens with one attached hydrogen (secondary N) is 1. The molecule has 0 radical (unpaired) electrons. The van der Waals surface area contributed by atoms with E-state index in [0.29, 0.717) is 0 Å². The lowest BCUT2D eigenvalue weighted by Crippen LogP contribution is -1.97. The molecule has 0 saturated heterocycles. The predicted molar refractivity (Wildman–Crippen MR) is 124 cm³/mol. The number of H-pyrrole nitrogens is 1. The van der Waals surface area contributed by atoms with Crippen LogP contribution < -0.4 is 0 Å². The standard InChI is InChI=1S/C27H23N3/c1-18-17-24(28-19(18)2)20-13-15-23(16-14-20)27-29-25(21-9-5-3-6-10-21)26(30-27)22-11-7-4-8-12-22/h3-16H,17H2,1-2H3,(H,29,30). The van der Waals surface area contributed by atoms with Crippen molar-refractivity contribution in [3.05, 3.63) is 102 Å². The molecule has 0 saturated carbocycles. The van der Waals surface area contributed by atoms with Gasteiger partial charge in [0.15, 0.2) is 0 Å². The number of hydrogen-bond acceptors (Lipinski definition) is 2. The first kappa shape index (κ1) is 18.3. The van der Waals surface area contributed by atoms with Crippen molar-refractivity contribution < 1.29 is 0 Å². The van der Waals surface area contributed by atoms with E-state index in [1.54, 1.807) is 0 Å². The first-order chi connectivity index (χ1) is 14.7. The highest BCUT2D eigenvalue weighted by Crippen LogP contribution is 2.33. The lowest BCUT2D eigenvalue weighted by molar-refractivity contribution is 1.22. The van der Waals surface area contributed by atoms with E-state index in [0.717, 1.165) is 51.7 Å². The quantitative estimate of drug-likeness (QED) is 0.405. The summed E-state index contributed by atoms with van der Waals surface area (Å²) in [5.41, 5.74) is 10.1. The van der Waals surface area contributed by atoms with Gasteiger partial charge in [0.2, 0.25) is 0 Å². The Morgan fingerprint density at radius 1 is 0.667 bits per heavy atom. The second kappa shape index (κ2) is 7.60. The molecule has 1 aliphatic rings. The van der Waals surface area contributed by atoms with E-state index in [2.05, 4.69) is 79.5 Å². The molecular formula is C27H23N3. The van der Waals surface area contributed by atoms with Crippen molar-refractivity contribution in [3.63, 3.8) is 0 Å². The van der Waals surface area contributed by atoms with Crippen molar-refractivity contribution in [1.82, 2.24) is 9.97 Å². The van der Waals surface area contributed by atoms with Gasteiger partial charge in [0, 0.05) is 28.8 Å². The minimum absolute atomic E-state index is 0.873. The molecule has 4 aromatic rings. The van der Waals surface area contributed by atoms with Crippen LogP contribution >= 0.6 is 0 Å². The second-order valence-corrected chi connectivity index (χ2v) is 7.72. The molecule has 0 atom stereocenters. The Balaban J connectivity index is 1.54. The Morgan fingerprint density at radius 2 is 1.27 bits per heavy atom. The predicted octanol–water partition coefficient (Wildman–Crippen LogP) is 6.90. The van der Waals surface area contributed by atoms with Crippen LogP contribution in [0.25, 0.3) is 33.9 Å². The molecule has 0 spiro atoms. The second-order valence-electron chi connectivity index (χ2n) is 7.72. The topological polar surface area (TPSA) is 41.0 Å². The summed E-state index contributed by atoms with van der Waals surface area (Å²) in [5.74, 6) is 0.873. The van der Waals surface area contributed by atoms with E-state index < -0.39 is 0 Å². The minimum Gasteiger partial charge on any atom is -0.337 e. The molecule has 0 unspecified atom stereocenters. The summed E-state index contributed by atoms with van der Waals surface area (Å²) in [6, 6.07) is 29.3. The Kier molecular flexibility index (Phi) is 4.64. The van der Waals surface area contributed by atoms with E-state index in [4.69, 9.17) is 9.98 Å². The normalized spacial score (nSPS) is 13.6. The van der Waals surface area contributed by atoms with Gasteiger partial charge < -0.3 is 4.98 Å². The molecule has 2 heterocycles. The van der Waals surface area contributed by atoms with Crippen molar-refractivity contribution >= 4 is 5.71 Å². The lowest BCUT2D eigenvalue weighted by atomic mass is 10.0. The molecule has 0 aliphatic carbocycles. The SMILES string of the molecule is CC1=C(C)N=C(c2ccc(-c3nc(-c4ccccc4)c(-c4ccccc4)[nH]3)cc2)C1. The molecule has 1 N–H and O–H groups in total. The van der Waals surface area contributed by atoms with Crippen LogP contribution in [0.4, 0.5) is 0 Å². The fourth-order valence-electron chi connectivity index (χ4n) is 3.83. The van der Waals surface area contributed by atoms with E-state index >= 15 is 0 Å². The van der Waals surface area contributed by atoms with Crippen molar-refractivity contribution in [2.45, 2.75) is 20.3 Å². The number of aromatic amines is 1. The van der Waals surface area contributed by atoms with Gasteiger partial charge in [0.05, 0.1) is 17.1 Å². The Morgan fingerprint density at radius 3 is 1.87 bits per heavy atom. The third-order valence-corrected chi connectivity index (χ3v) is 5.66. The smallest absolute Gasteiger partial charge is 0.138 e. The Labute approximate surface area is 176 Å². The fourth-order valence-corrected chi connectivity index (χ4v) is 3.83. The van der Waals surface area contributed by atoms with Gasteiger partial charge in [-0.2, -0.15) is 0 Å². The van der Waals surface area contributed by atoms with Crippen molar-refractivity contribution in [3.8, 4) is 33.9 Å². The molecule has 1 aromatic heterocycles. The zero-order valence-corrected chi connectivity index (χ0v) is 17.2. The molecule has 0 fully saturated rings. The average molecular weight is 390 g/mol. The van der Waals surface area contributed by atoms with Gasteiger partial charge in [-0.05, 0) is 25.0 Å². The number of benzene rings is 3. The molecule has 5 rings (SSSR count). The maximum Gasteiger partial charge on any atom is 0.138 e. The molecule has 3 aromatic carbocycles. The molecule has 146 valence electrons. The number of rotatable bonds is 4. The van der Waals surface area contributed by atoms with E-state index in [-0.39, 0.29) is 0 Å². The van der Waals surface area contributed by atoms with Gasteiger partial charge in [-0.25, -0.2) is 4.98 Å². The van der Waals surface area contributed by atoms with Crippen molar-refractivity contribution in [1.29, 1.82) is 0 Å². The Hall–Kier alpha value is -3.72. The van der Waals surface area contributed by atoms with Gasteiger partial charge in [-0.15, -0.1) is 0 Å². The summed E-state index contributed by atoms with van der Waals surface area (Å²) in [6.45, 7) is 4.23. The van der Waals surface area contributed by atoms with Crippen LogP contribution in [0.3, 0.4) is 0 Å². The number of nitrogens with zero attached hydrogens (tertiary/aromatic N) is 2. The third kappa shape index (κ3) is 3.39. The van der Waals surface area contributed by atoms with Crippen LogP contribution in [0, 0.1) is 0 Å². The van der Waals surface area contributed by atoms with Crippen molar-refractivity contribution in [2.24, 2.45) is 4.99 Å². The number of imidazole rings is 1. The third-order valence-electron chi connectivity index (χ3n) is 5.66. The molecule has 3 heteroatoms. The Bertz CT molecular complexity index is 1190. The minimum atomic E-state index is 0.873. The van der Waals surface area contributed by atoms with Gasteiger partial charge in [0.1, 0.15) is 5.82 Å². The van der Waals surface area contributed by atoms with Crippen molar-refractivity contribution in [2.75, 3.05) is 0 Å². The van der Waals surface area contributed by atoms with Gasteiger partial charge in [-0.1, -0.05) is 84.9 Å². The molecule has 3 nitrogen and oxygen atoms in total. The fraction of sp³-hybridized carbons (Fsp3) is 0.111. The molecule has 0 bridgehead atoms.